The van der Waals surface area contributed by atoms with Crippen LogP contribution < -0.4 is 31.3 Å². The molecule has 3 atom stereocenters. The fourth-order valence-corrected chi connectivity index (χ4v) is 3.22. The van der Waals surface area contributed by atoms with E-state index in [1.807, 2.05) is 21.0 Å². The molecule has 1 aromatic carbocycles. The van der Waals surface area contributed by atoms with Crippen LogP contribution >= 0.6 is 11.6 Å². The average molecular weight is 453 g/mol. The van der Waals surface area contributed by atoms with Gasteiger partial charge in [-0.25, -0.2) is 4.79 Å². The molecule has 12 heteroatoms. The van der Waals surface area contributed by atoms with Crippen LogP contribution in [0, 0.1) is 0 Å². The Morgan fingerprint density at radius 1 is 1.33 bits per heavy atom. The van der Waals surface area contributed by atoms with Gasteiger partial charge in [-0.1, -0.05) is 11.6 Å². The van der Waals surface area contributed by atoms with E-state index >= 15 is 0 Å². The van der Waals surface area contributed by atoms with Gasteiger partial charge in [0.1, 0.15) is 12.0 Å². The molecule has 2 rings (SSSR count). The topological polar surface area (TPSA) is 89.7 Å². The minimum absolute atomic E-state index is 0.0296. The second-order valence-electron chi connectivity index (χ2n) is 7.36. The van der Waals surface area contributed by atoms with Gasteiger partial charge in [0.25, 0.3) is 0 Å². The number of rotatable bonds is 8. The predicted molar refractivity (Wildman–Crippen MR) is 109 cm³/mol. The summed E-state index contributed by atoms with van der Waals surface area (Å²) in [7, 11) is 4.04. The highest BCUT2D eigenvalue weighted by Gasteiger charge is 2.32. The minimum atomic E-state index is -4.85. The minimum Gasteiger partial charge on any atom is -0.404 e. The number of nitrogens with one attached hydrogen (secondary N) is 5. The maximum absolute atomic E-state index is 12.3. The van der Waals surface area contributed by atoms with E-state index in [1.165, 1.54) is 12.1 Å². The van der Waals surface area contributed by atoms with Crippen molar-refractivity contribution in [1.82, 2.24) is 26.2 Å². The lowest BCUT2D eigenvalue weighted by Crippen LogP contribution is -2.67. The number of amides is 2. The normalized spacial score (nSPS) is 22.1. The number of carbonyl (C=O) groups is 1. The van der Waals surface area contributed by atoms with Crippen LogP contribution in [-0.2, 0) is 0 Å². The van der Waals surface area contributed by atoms with Crippen LogP contribution in [0.4, 0.5) is 23.7 Å². The zero-order valence-electron chi connectivity index (χ0n) is 17.1. The highest BCUT2D eigenvalue weighted by molar-refractivity contribution is 6.32. The van der Waals surface area contributed by atoms with E-state index in [4.69, 9.17) is 11.6 Å². The lowest BCUT2D eigenvalue weighted by molar-refractivity contribution is -0.274. The van der Waals surface area contributed by atoms with E-state index < -0.39 is 24.4 Å². The number of hydrogen-bond acceptors (Lipinski definition) is 6. The molecule has 1 aromatic rings. The Kier molecular flexibility index (Phi) is 8.98. The fraction of sp³-hybridized carbons (Fsp3) is 0.611. The number of urea groups is 1. The zero-order chi connectivity index (χ0) is 22.3. The van der Waals surface area contributed by atoms with Crippen molar-refractivity contribution in [1.29, 1.82) is 0 Å². The molecular weight excluding hydrogens is 425 g/mol. The number of carbonyl (C=O) groups excluding carboxylic acids is 1. The molecule has 1 heterocycles. The Balaban J connectivity index is 1.84. The number of benzene rings is 1. The Bertz CT molecular complexity index is 707. The van der Waals surface area contributed by atoms with Crippen LogP contribution in [-0.4, -0.2) is 63.0 Å². The quantitative estimate of drug-likeness (QED) is 0.389. The first-order valence-corrected chi connectivity index (χ1v) is 9.92. The molecule has 170 valence electrons. The Hall–Kier alpha value is -1.79. The first kappa shape index (κ1) is 24.5. The Labute approximate surface area is 178 Å². The molecule has 0 aliphatic carbocycles. The summed E-state index contributed by atoms with van der Waals surface area (Å²) in [6.07, 6.45) is -3.45. The number of alkyl halides is 3. The summed E-state index contributed by atoms with van der Waals surface area (Å²) in [4.78, 5) is 14.4. The monoisotopic (exact) mass is 452 g/mol. The van der Waals surface area contributed by atoms with Gasteiger partial charge in [0.2, 0.25) is 0 Å². The second-order valence-corrected chi connectivity index (χ2v) is 7.77. The van der Waals surface area contributed by atoms with Gasteiger partial charge in [-0.05, 0) is 65.1 Å². The third-order valence-electron chi connectivity index (χ3n) is 4.27. The fourth-order valence-electron chi connectivity index (χ4n) is 3.00. The van der Waals surface area contributed by atoms with E-state index in [0.717, 1.165) is 32.0 Å². The van der Waals surface area contributed by atoms with Crippen LogP contribution in [0.5, 0.6) is 5.75 Å². The molecule has 1 fully saturated rings. The lowest BCUT2D eigenvalue weighted by Gasteiger charge is -2.37. The van der Waals surface area contributed by atoms with Crippen LogP contribution in [0.3, 0.4) is 0 Å². The predicted octanol–water partition coefficient (Wildman–Crippen LogP) is 2.48. The number of ether oxygens (including phenoxy) is 1. The van der Waals surface area contributed by atoms with Crippen molar-refractivity contribution in [2.24, 2.45) is 0 Å². The largest absolute Gasteiger partial charge is 0.573 e. The first-order valence-electron chi connectivity index (χ1n) is 9.55. The molecule has 0 spiro atoms. The smallest absolute Gasteiger partial charge is 0.404 e. The highest BCUT2D eigenvalue weighted by Crippen LogP contribution is 2.32. The van der Waals surface area contributed by atoms with Gasteiger partial charge in [0.05, 0.1) is 11.2 Å². The first-order chi connectivity index (χ1) is 14.0. The molecule has 1 aliphatic heterocycles. The summed E-state index contributed by atoms with van der Waals surface area (Å²) < 4.78 is 40.7. The van der Waals surface area contributed by atoms with Crippen molar-refractivity contribution >= 4 is 23.3 Å². The molecule has 0 aromatic heterocycles. The Morgan fingerprint density at radius 2 is 2.07 bits per heavy atom. The van der Waals surface area contributed by atoms with E-state index in [1.54, 1.807) is 0 Å². The molecule has 1 aliphatic rings. The van der Waals surface area contributed by atoms with Gasteiger partial charge in [0, 0.05) is 11.7 Å². The molecular formula is C18H28ClF3N6O2. The Morgan fingerprint density at radius 3 is 2.70 bits per heavy atom. The third-order valence-corrected chi connectivity index (χ3v) is 4.57. The number of halogens is 4. The summed E-state index contributed by atoms with van der Waals surface area (Å²) in [5, 5.41) is 14.9. The van der Waals surface area contributed by atoms with Crippen LogP contribution in [0.25, 0.3) is 0 Å². The average Bonchev–Trinajstić information content (AvgIpc) is 2.59. The molecule has 5 N–H and O–H groups in total. The molecule has 3 unspecified atom stereocenters. The summed E-state index contributed by atoms with van der Waals surface area (Å²) >= 11 is 5.80. The van der Waals surface area contributed by atoms with Crippen molar-refractivity contribution in [3.05, 3.63) is 23.2 Å². The van der Waals surface area contributed by atoms with Gasteiger partial charge in [0.15, 0.2) is 0 Å². The second kappa shape index (κ2) is 11.0. The van der Waals surface area contributed by atoms with Crippen molar-refractivity contribution in [2.75, 3.05) is 32.5 Å². The third kappa shape index (κ3) is 8.92. The molecule has 8 nitrogen and oxygen atoms in total. The van der Waals surface area contributed by atoms with Crippen molar-refractivity contribution in [2.45, 2.75) is 44.6 Å². The maximum atomic E-state index is 12.3. The zero-order valence-corrected chi connectivity index (χ0v) is 17.8. The van der Waals surface area contributed by atoms with Crippen molar-refractivity contribution in [3.63, 3.8) is 0 Å². The van der Waals surface area contributed by atoms with Crippen molar-refractivity contribution < 1.29 is 22.7 Å². The van der Waals surface area contributed by atoms with Crippen LogP contribution in [0.1, 0.15) is 19.8 Å². The molecule has 30 heavy (non-hydrogen) atoms. The number of hydrogen-bond donors (Lipinski definition) is 5. The molecule has 2 amide bonds. The van der Waals surface area contributed by atoms with E-state index in [-0.39, 0.29) is 22.9 Å². The number of nitrogens with zero attached hydrogens (tertiary/aromatic N) is 1. The molecule has 1 saturated heterocycles. The molecule has 0 radical (unpaired) electrons. The van der Waals surface area contributed by atoms with E-state index in [0.29, 0.717) is 0 Å². The molecule has 0 bridgehead atoms. The summed E-state index contributed by atoms with van der Waals surface area (Å²) in [6, 6.07) is 3.11. The van der Waals surface area contributed by atoms with E-state index in [2.05, 4.69) is 36.2 Å². The highest BCUT2D eigenvalue weighted by atomic mass is 35.5. The van der Waals surface area contributed by atoms with Gasteiger partial charge in [-0.15, -0.1) is 13.2 Å². The lowest BCUT2D eigenvalue weighted by atomic mass is 10.1. The van der Waals surface area contributed by atoms with Gasteiger partial charge in [-0.3, -0.25) is 10.6 Å². The maximum Gasteiger partial charge on any atom is 0.573 e. The summed E-state index contributed by atoms with van der Waals surface area (Å²) in [5.74, 6) is -0.539. The summed E-state index contributed by atoms with van der Waals surface area (Å²) in [5.41, 5.74) is 0.231. The van der Waals surface area contributed by atoms with E-state index in [9.17, 15) is 18.0 Å². The van der Waals surface area contributed by atoms with Crippen LogP contribution in [0.15, 0.2) is 18.2 Å². The number of anilines is 1. The van der Waals surface area contributed by atoms with Gasteiger partial charge < -0.3 is 25.6 Å². The summed E-state index contributed by atoms with van der Waals surface area (Å²) in [6.45, 7) is 3.83. The van der Waals surface area contributed by atoms with Crippen molar-refractivity contribution in [3.8, 4) is 5.75 Å². The SMILES string of the molecule is CC1CC(NCCCN(C)C)NC(NC(=O)Nc2ccc(OC(F)(F)F)c(Cl)c2)N1. The van der Waals surface area contributed by atoms with Crippen LogP contribution in [0.2, 0.25) is 5.02 Å². The van der Waals surface area contributed by atoms with Gasteiger partial charge in [-0.2, -0.15) is 0 Å². The van der Waals surface area contributed by atoms with Gasteiger partial charge >= 0.3 is 12.4 Å². The molecule has 0 saturated carbocycles. The standard InChI is InChI=1S/C18H28ClF3N6O2/c1-11-9-15(23-7-4-8-28(2)3)26-16(24-11)27-17(29)25-12-5-6-14(13(19)10-12)30-18(20,21)22/h5-6,10-11,15-16,23-24,26H,4,7-9H2,1-3H3,(H2,25,27,29).